The van der Waals surface area contributed by atoms with Crippen molar-refractivity contribution >= 4 is 47.7 Å². The summed E-state index contributed by atoms with van der Waals surface area (Å²) in [4.78, 5) is 0. The van der Waals surface area contributed by atoms with E-state index in [1.807, 2.05) is 30.7 Å². The van der Waals surface area contributed by atoms with E-state index in [-0.39, 0.29) is 31.9 Å². The van der Waals surface area contributed by atoms with Gasteiger partial charge in [0.15, 0.2) is 0 Å². The van der Waals surface area contributed by atoms with Gasteiger partial charge in [-0.1, -0.05) is 206 Å². The fourth-order valence-corrected chi connectivity index (χ4v) is 9.29. The second-order valence-electron chi connectivity index (χ2n) is 9.65. The number of rotatable bonds is 6. The van der Waals surface area contributed by atoms with Crippen LogP contribution < -0.4 is 44.2 Å². The molecule has 0 unspecified atom stereocenters. The summed E-state index contributed by atoms with van der Waals surface area (Å²) >= 11 is 0. The number of halogens is 1. The monoisotopic (exact) mass is 726 g/mol. The molecule has 0 heterocycles. The van der Waals surface area contributed by atoms with Crippen LogP contribution >= 0.6 is 15.8 Å². The van der Waals surface area contributed by atoms with E-state index in [0.717, 1.165) is 0 Å². The zero-order chi connectivity index (χ0) is 29.4. The van der Waals surface area contributed by atoms with Gasteiger partial charge in [0, 0.05) is 6.42 Å². The van der Waals surface area contributed by atoms with Crippen molar-refractivity contribution in [3.05, 3.63) is 213 Å². The first kappa shape index (κ1) is 36.0. The molecule has 7 rings (SSSR count). The summed E-state index contributed by atoms with van der Waals surface area (Å²) in [5, 5.41) is 8.39. The Labute approximate surface area is 290 Å². The summed E-state index contributed by atoms with van der Waals surface area (Å²) in [6, 6.07) is 64.7. The minimum absolute atomic E-state index is 0. The smallest absolute Gasteiger partial charge is 1.00 e. The van der Waals surface area contributed by atoms with E-state index in [1.54, 1.807) is 0 Å². The Morgan fingerprint density at radius 2 is 0.422 bits per heavy atom. The Balaban J connectivity index is 0.000000204. The zero-order valence-corrected chi connectivity index (χ0v) is 29.1. The number of hydrogen-bond acceptors (Lipinski definition) is 0. The van der Waals surface area contributed by atoms with Crippen LogP contribution in [0.4, 0.5) is 0 Å². The number of allylic oxidation sites excluding steroid dienone is 4. The molecule has 0 fully saturated rings. The molecule has 6 aromatic carbocycles. The molecule has 0 nitrogen and oxygen atoms in total. The van der Waals surface area contributed by atoms with Gasteiger partial charge >= 0.3 is 19.5 Å². The SMILES string of the molecule is [CH]1C=CC=C1.[Cl-].[Ru+2].c1ccc(P(c2ccccc2)c2ccccc2)cc1.c1ccc(P(c2ccccc2)c2ccccc2)cc1. The largest absolute Gasteiger partial charge is 2.00 e. The van der Waals surface area contributed by atoms with Crippen molar-refractivity contribution in [1.82, 2.24) is 0 Å². The summed E-state index contributed by atoms with van der Waals surface area (Å²) in [5.41, 5.74) is 0. The van der Waals surface area contributed by atoms with Crippen molar-refractivity contribution in [3.63, 3.8) is 0 Å². The summed E-state index contributed by atoms with van der Waals surface area (Å²) in [6.45, 7) is 0. The second kappa shape index (κ2) is 20.6. The van der Waals surface area contributed by atoms with Crippen LogP contribution in [0.3, 0.4) is 0 Å². The van der Waals surface area contributed by atoms with Crippen molar-refractivity contribution in [2.24, 2.45) is 0 Å². The molecule has 223 valence electrons. The Bertz CT molecular complexity index is 1350. The van der Waals surface area contributed by atoms with Crippen LogP contribution in [0, 0.1) is 6.42 Å². The molecule has 0 aliphatic heterocycles. The average molecular weight is 726 g/mol. The standard InChI is InChI=1S/2C18H15P.C5H5.ClH.Ru/c2*1-4-10-16(11-5-1)19(17-12-6-2-7-13-17)18-14-8-3-9-15-18;1-2-4-5-3-1;;/h2*1-15H;1-5H;1H;/q;;;;+2/p-1. The van der Waals surface area contributed by atoms with Crippen LogP contribution in [-0.4, -0.2) is 0 Å². The third-order valence-electron chi connectivity index (χ3n) is 6.64. The van der Waals surface area contributed by atoms with Gasteiger partial charge < -0.3 is 12.4 Å². The van der Waals surface area contributed by atoms with Gasteiger partial charge in [0.25, 0.3) is 0 Å². The molecule has 1 radical (unpaired) electrons. The maximum atomic E-state index is 2.23. The molecule has 0 spiro atoms. The maximum Gasteiger partial charge on any atom is 2.00 e. The van der Waals surface area contributed by atoms with Gasteiger partial charge in [-0.2, -0.15) is 0 Å². The van der Waals surface area contributed by atoms with Gasteiger partial charge in [-0.05, 0) is 47.7 Å². The van der Waals surface area contributed by atoms with E-state index in [2.05, 4.69) is 182 Å². The first-order valence-corrected chi connectivity index (χ1v) is 17.2. The van der Waals surface area contributed by atoms with Gasteiger partial charge in [0.05, 0.1) is 0 Å². The molecule has 0 amide bonds. The molecule has 4 heteroatoms. The van der Waals surface area contributed by atoms with Gasteiger partial charge in [-0.15, -0.1) is 0 Å². The number of hydrogen-bond donors (Lipinski definition) is 0. The molecular formula is C41H35ClP2Ru+. The van der Waals surface area contributed by atoms with Gasteiger partial charge in [-0.3, -0.25) is 0 Å². The molecular weight excluding hydrogens is 691 g/mol. The van der Waals surface area contributed by atoms with Gasteiger partial charge in [-0.25, -0.2) is 0 Å². The van der Waals surface area contributed by atoms with Crippen molar-refractivity contribution in [1.29, 1.82) is 0 Å². The molecule has 1 aliphatic carbocycles. The Hall–Kier alpha value is -3.43. The molecule has 45 heavy (non-hydrogen) atoms. The fraction of sp³-hybridized carbons (Fsp3) is 0. The Kier molecular flexibility index (Phi) is 16.5. The van der Waals surface area contributed by atoms with Gasteiger partial charge in [0.2, 0.25) is 0 Å². The molecule has 0 atom stereocenters. The first-order chi connectivity index (χ1) is 21.4. The normalized spacial score (nSPS) is 10.9. The second-order valence-corrected chi connectivity index (χ2v) is 14.1. The maximum absolute atomic E-state index is 2.23. The van der Waals surface area contributed by atoms with Crippen LogP contribution in [-0.2, 0) is 19.5 Å². The van der Waals surface area contributed by atoms with Crippen molar-refractivity contribution in [2.75, 3.05) is 0 Å². The van der Waals surface area contributed by atoms with E-state index in [9.17, 15) is 0 Å². The minimum atomic E-state index is -0.446. The van der Waals surface area contributed by atoms with Crippen molar-refractivity contribution in [2.45, 2.75) is 0 Å². The van der Waals surface area contributed by atoms with E-state index < -0.39 is 15.8 Å². The van der Waals surface area contributed by atoms with E-state index in [0.29, 0.717) is 0 Å². The Morgan fingerprint density at radius 3 is 0.556 bits per heavy atom. The zero-order valence-electron chi connectivity index (χ0n) is 24.8. The van der Waals surface area contributed by atoms with E-state index in [4.69, 9.17) is 0 Å². The summed E-state index contributed by atoms with van der Waals surface area (Å²) in [7, 11) is -0.892. The van der Waals surface area contributed by atoms with E-state index >= 15 is 0 Å². The Morgan fingerprint density at radius 1 is 0.244 bits per heavy atom. The average Bonchev–Trinajstić information content (AvgIpc) is 3.69. The molecule has 0 bridgehead atoms. The molecule has 1 aliphatic rings. The van der Waals surface area contributed by atoms with Crippen LogP contribution in [0.25, 0.3) is 0 Å². The molecule has 6 aromatic rings. The van der Waals surface area contributed by atoms with Crippen molar-refractivity contribution < 1.29 is 31.9 Å². The first-order valence-electron chi connectivity index (χ1n) is 14.5. The quantitative estimate of drug-likeness (QED) is 0.164. The predicted molar refractivity (Wildman–Crippen MR) is 193 cm³/mol. The van der Waals surface area contributed by atoms with E-state index in [1.165, 1.54) is 31.8 Å². The molecule has 0 saturated carbocycles. The van der Waals surface area contributed by atoms with Gasteiger partial charge in [0.1, 0.15) is 0 Å². The third kappa shape index (κ3) is 11.2. The van der Waals surface area contributed by atoms with Crippen LogP contribution in [0.1, 0.15) is 0 Å². The number of benzene rings is 6. The van der Waals surface area contributed by atoms with Crippen LogP contribution in [0.5, 0.6) is 0 Å². The molecule has 0 N–H and O–H groups in total. The summed E-state index contributed by atoms with van der Waals surface area (Å²) in [5.74, 6) is 0. The predicted octanol–water partition coefficient (Wildman–Crippen LogP) is 5.21. The third-order valence-corrected chi connectivity index (χ3v) is 11.5. The van der Waals surface area contributed by atoms with Crippen LogP contribution in [0.15, 0.2) is 206 Å². The minimum Gasteiger partial charge on any atom is -1.00 e. The molecule has 0 aromatic heterocycles. The van der Waals surface area contributed by atoms with Crippen LogP contribution in [0.2, 0.25) is 0 Å². The summed E-state index contributed by atoms with van der Waals surface area (Å²) < 4.78 is 0. The van der Waals surface area contributed by atoms with Crippen molar-refractivity contribution in [3.8, 4) is 0 Å². The molecule has 0 saturated heterocycles. The topological polar surface area (TPSA) is 0 Å². The fourth-order valence-electron chi connectivity index (χ4n) is 4.68. The summed E-state index contributed by atoms with van der Waals surface area (Å²) in [6.07, 6.45) is 10.0.